The highest BCUT2D eigenvalue weighted by molar-refractivity contribution is 7.99. The number of hydrogen-bond acceptors (Lipinski definition) is 3. The third-order valence-electron chi connectivity index (χ3n) is 1.59. The van der Waals surface area contributed by atoms with Crippen LogP contribution in [0.3, 0.4) is 0 Å². The van der Waals surface area contributed by atoms with Crippen molar-refractivity contribution in [2.75, 3.05) is 18.1 Å². The lowest BCUT2D eigenvalue weighted by atomic mass is 10.2. The van der Waals surface area contributed by atoms with Gasteiger partial charge in [0.1, 0.15) is 0 Å². The first-order valence-electron chi connectivity index (χ1n) is 4.92. The average Bonchev–Trinajstić information content (AvgIpc) is 2.61. The summed E-state index contributed by atoms with van der Waals surface area (Å²) < 4.78 is 5.03. The highest BCUT2D eigenvalue weighted by atomic mass is 32.2. The summed E-state index contributed by atoms with van der Waals surface area (Å²) in [7, 11) is 0. The second kappa shape index (κ2) is 8.82. The normalized spacial score (nSPS) is 15.1. The summed E-state index contributed by atoms with van der Waals surface area (Å²) in [6.07, 6.45) is 2.93. The van der Waals surface area contributed by atoms with Crippen LogP contribution in [-0.2, 0) is 4.74 Å². The van der Waals surface area contributed by atoms with Crippen molar-refractivity contribution in [3.8, 4) is 0 Å². The molecule has 0 N–H and O–H groups in total. The maximum absolute atomic E-state index is 5.03. The smallest absolute Gasteiger partial charge is 0.162 e. The molecule has 0 unspecified atom stereocenters. The number of thiocarbonyl (C=S) groups is 1. The van der Waals surface area contributed by atoms with Crippen LogP contribution in [0.15, 0.2) is 0 Å². The van der Waals surface area contributed by atoms with Crippen molar-refractivity contribution >= 4 is 29.0 Å². The first kappa shape index (κ1) is 13.2. The van der Waals surface area contributed by atoms with E-state index < -0.39 is 0 Å². The molecule has 0 spiro atoms. The SMILES string of the molecule is C1CCSC1.CCOC(=S)C(C)C. The van der Waals surface area contributed by atoms with Crippen molar-refractivity contribution in [2.45, 2.75) is 33.6 Å². The van der Waals surface area contributed by atoms with Crippen molar-refractivity contribution in [1.29, 1.82) is 0 Å². The molecule has 0 aliphatic carbocycles. The second-order valence-corrected chi connectivity index (χ2v) is 4.85. The molecular formula is C10H20OS2. The number of hydrogen-bond donors (Lipinski definition) is 0. The molecule has 0 atom stereocenters. The third-order valence-corrected chi connectivity index (χ3v) is 3.33. The Morgan fingerprint density at radius 2 is 1.92 bits per heavy atom. The fourth-order valence-electron chi connectivity index (χ4n) is 0.819. The van der Waals surface area contributed by atoms with Crippen molar-refractivity contribution in [3.63, 3.8) is 0 Å². The molecule has 1 aliphatic heterocycles. The first-order chi connectivity index (χ1) is 6.18. The van der Waals surface area contributed by atoms with Crippen molar-refractivity contribution in [3.05, 3.63) is 0 Å². The minimum Gasteiger partial charge on any atom is -0.487 e. The van der Waals surface area contributed by atoms with Crippen LogP contribution in [0.4, 0.5) is 0 Å². The lowest BCUT2D eigenvalue weighted by molar-refractivity contribution is 0.317. The maximum Gasteiger partial charge on any atom is 0.162 e. The third kappa shape index (κ3) is 8.57. The molecule has 1 saturated heterocycles. The standard InChI is InChI=1S/C6H12OS.C4H8S/c1-4-7-6(8)5(2)3;1-2-4-5-3-1/h5H,4H2,1-3H3;1-4H2. The molecular weight excluding hydrogens is 200 g/mol. The Morgan fingerprint density at radius 1 is 1.38 bits per heavy atom. The van der Waals surface area contributed by atoms with Gasteiger partial charge in [-0.1, -0.05) is 13.8 Å². The zero-order chi connectivity index (χ0) is 10.1. The molecule has 13 heavy (non-hydrogen) atoms. The topological polar surface area (TPSA) is 9.23 Å². The zero-order valence-electron chi connectivity index (χ0n) is 8.84. The largest absolute Gasteiger partial charge is 0.487 e. The summed E-state index contributed by atoms with van der Waals surface area (Å²) in [5, 5.41) is 0.715. The molecule has 0 amide bonds. The molecule has 1 fully saturated rings. The van der Waals surface area contributed by atoms with Crippen LogP contribution in [0.25, 0.3) is 0 Å². The Kier molecular flexibility index (Phi) is 8.98. The van der Waals surface area contributed by atoms with Gasteiger partial charge in [0, 0.05) is 5.92 Å². The van der Waals surface area contributed by atoms with E-state index in [1.165, 1.54) is 24.3 Å². The van der Waals surface area contributed by atoms with Gasteiger partial charge in [-0.2, -0.15) is 11.8 Å². The van der Waals surface area contributed by atoms with Gasteiger partial charge in [-0.15, -0.1) is 0 Å². The van der Waals surface area contributed by atoms with Crippen LogP contribution in [0.1, 0.15) is 33.6 Å². The Hall–Kier alpha value is 0.240. The fraction of sp³-hybridized carbons (Fsp3) is 0.900. The van der Waals surface area contributed by atoms with Gasteiger partial charge in [0.05, 0.1) is 6.61 Å². The van der Waals surface area contributed by atoms with Crippen LogP contribution < -0.4 is 0 Å². The van der Waals surface area contributed by atoms with E-state index in [1.54, 1.807) is 0 Å². The molecule has 1 heterocycles. The summed E-state index contributed by atoms with van der Waals surface area (Å²) in [4.78, 5) is 0. The van der Waals surface area contributed by atoms with E-state index in [2.05, 4.69) is 11.8 Å². The predicted molar refractivity (Wildman–Crippen MR) is 65.6 cm³/mol. The van der Waals surface area contributed by atoms with E-state index in [4.69, 9.17) is 17.0 Å². The fourth-order valence-corrected chi connectivity index (χ4v) is 1.96. The van der Waals surface area contributed by atoms with E-state index in [0.29, 0.717) is 17.6 Å². The number of rotatable bonds is 2. The molecule has 0 bridgehead atoms. The zero-order valence-corrected chi connectivity index (χ0v) is 10.5. The molecule has 0 aromatic rings. The number of thioether (sulfide) groups is 1. The average molecular weight is 220 g/mol. The summed E-state index contributed by atoms with van der Waals surface area (Å²) in [6.45, 7) is 6.68. The van der Waals surface area contributed by atoms with E-state index in [1.807, 2.05) is 20.8 Å². The first-order valence-corrected chi connectivity index (χ1v) is 6.49. The highest BCUT2D eigenvalue weighted by Crippen LogP contribution is 2.14. The molecule has 1 nitrogen and oxygen atoms in total. The lowest BCUT2D eigenvalue weighted by Gasteiger charge is -2.05. The quantitative estimate of drug-likeness (QED) is 0.659. The molecule has 0 saturated carbocycles. The van der Waals surface area contributed by atoms with Crippen molar-refractivity contribution in [2.24, 2.45) is 5.92 Å². The number of ether oxygens (including phenoxy) is 1. The van der Waals surface area contributed by atoms with Gasteiger partial charge in [0.25, 0.3) is 0 Å². The van der Waals surface area contributed by atoms with E-state index in [9.17, 15) is 0 Å². The van der Waals surface area contributed by atoms with E-state index >= 15 is 0 Å². The molecule has 3 heteroatoms. The summed E-state index contributed by atoms with van der Waals surface area (Å²) >= 11 is 6.93. The predicted octanol–water partition coefficient (Wildman–Crippen LogP) is 3.52. The van der Waals surface area contributed by atoms with E-state index in [0.717, 1.165) is 0 Å². The van der Waals surface area contributed by atoms with Crippen molar-refractivity contribution < 1.29 is 4.74 Å². The molecule has 0 radical (unpaired) electrons. The van der Waals surface area contributed by atoms with Gasteiger partial charge in [-0.3, -0.25) is 0 Å². The minimum atomic E-state index is 0.380. The molecule has 78 valence electrons. The van der Waals surface area contributed by atoms with Crippen LogP contribution in [0, 0.1) is 5.92 Å². The molecule has 0 aromatic heterocycles. The lowest BCUT2D eigenvalue weighted by Crippen LogP contribution is -2.08. The Balaban J connectivity index is 0.000000243. The molecule has 1 aliphatic rings. The van der Waals surface area contributed by atoms with Gasteiger partial charge < -0.3 is 4.74 Å². The Labute approximate surface area is 91.6 Å². The monoisotopic (exact) mass is 220 g/mol. The Morgan fingerprint density at radius 3 is 2.08 bits per heavy atom. The van der Waals surface area contributed by atoms with Crippen LogP contribution >= 0.6 is 24.0 Å². The van der Waals surface area contributed by atoms with Crippen molar-refractivity contribution in [1.82, 2.24) is 0 Å². The highest BCUT2D eigenvalue weighted by Gasteiger charge is 1.99. The van der Waals surface area contributed by atoms with E-state index in [-0.39, 0.29) is 0 Å². The molecule has 0 aromatic carbocycles. The van der Waals surface area contributed by atoms with Gasteiger partial charge in [0.15, 0.2) is 5.05 Å². The van der Waals surface area contributed by atoms with Crippen LogP contribution in [-0.4, -0.2) is 23.2 Å². The summed E-state index contributed by atoms with van der Waals surface area (Å²) in [6, 6.07) is 0. The van der Waals surface area contributed by atoms with Gasteiger partial charge in [-0.25, -0.2) is 0 Å². The van der Waals surface area contributed by atoms with Gasteiger partial charge in [-0.05, 0) is 43.5 Å². The molecule has 1 rings (SSSR count). The Bertz CT molecular complexity index is 123. The maximum atomic E-state index is 5.03. The van der Waals surface area contributed by atoms with Gasteiger partial charge in [0.2, 0.25) is 0 Å². The van der Waals surface area contributed by atoms with Gasteiger partial charge >= 0.3 is 0 Å². The second-order valence-electron chi connectivity index (χ2n) is 3.23. The summed E-state index contributed by atoms with van der Waals surface area (Å²) in [5.41, 5.74) is 0. The minimum absolute atomic E-state index is 0.380. The summed E-state index contributed by atoms with van der Waals surface area (Å²) in [5.74, 6) is 3.21. The van der Waals surface area contributed by atoms with Crippen LogP contribution in [0.2, 0.25) is 0 Å². The van der Waals surface area contributed by atoms with Crippen LogP contribution in [0.5, 0.6) is 0 Å².